The van der Waals surface area contributed by atoms with Gasteiger partial charge in [0.05, 0.1) is 0 Å². The third-order valence-electron chi connectivity index (χ3n) is 2.94. The van der Waals surface area contributed by atoms with E-state index in [4.69, 9.17) is 0 Å². The Kier molecular flexibility index (Phi) is 2.54. The number of thiophene rings is 1. The van der Waals surface area contributed by atoms with Crippen LogP contribution >= 0.6 is 11.3 Å². The van der Waals surface area contributed by atoms with E-state index in [-0.39, 0.29) is 0 Å². The lowest BCUT2D eigenvalue weighted by Gasteiger charge is -2.02. The van der Waals surface area contributed by atoms with E-state index in [0.29, 0.717) is 0 Å². The summed E-state index contributed by atoms with van der Waals surface area (Å²) in [5.41, 5.74) is 3.69. The van der Waals surface area contributed by atoms with Gasteiger partial charge < -0.3 is 0 Å². The number of rotatable bonds is 2. The highest BCUT2D eigenvalue weighted by atomic mass is 32.1. The van der Waals surface area contributed by atoms with Gasteiger partial charge in [-0.25, -0.2) is 0 Å². The molecule has 0 aliphatic heterocycles. The summed E-state index contributed by atoms with van der Waals surface area (Å²) in [6.45, 7) is 3.77. The number of fused-ring (bicyclic) bond motifs is 1. The first-order valence-electron chi connectivity index (χ1n) is 5.57. The molecule has 0 aliphatic rings. The molecule has 0 aliphatic carbocycles. The van der Waals surface area contributed by atoms with E-state index < -0.39 is 0 Å². The highest BCUT2D eigenvalue weighted by Crippen LogP contribution is 2.27. The van der Waals surface area contributed by atoms with Gasteiger partial charge in [-0.05, 0) is 39.6 Å². The summed E-state index contributed by atoms with van der Waals surface area (Å²) in [5, 5.41) is 3.45. The van der Waals surface area contributed by atoms with Crippen LogP contribution in [-0.2, 0) is 0 Å². The molecule has 0 amide bonds. The Bertz CT molecular complexity index is 659. The van der Waals surface area contributed by atoms with Gasteiger partial charge in [0.1, 0.15) is 0 Å². The Balaban J connectivity index is 2.09. The first-order chi connectivity index (χ1) is 8.36. The van der Waals surface area contributed by atoms with Crippen LogP contribution in [0.1, 0.15) is 5.56 Å². The van der Waals surface area contributed by atoms with E-state index in [1.54, 1.807) is 11.3 Å². The Morgan fingerprint density at radius 3 is 2.41 bits per heavy atom. The van der Waals surface area contributed by atoms with Crippen LogP contribution < -0.4 is 0 Å². The minimum atomic E-state index is 1.16. The lowest BCUT2D eigenvalue weighted by molar-refractivity contribution is 1.63. The van der Waals surface area contributed by atoms with Crippen LogP contribution in [0.2, 0.25) is 0 Å². The van der Waals surface area contributed by atoms with Crippen LogP contribution in [0.25, 0.3) is 27.3 Å². The van der Waals surface area contributed by atoms with Crippen LogP contribution in [0.3, 0.4) is 0 Å². The summed E-state index contributed by atoms with van der Waals surface area (Å²) >= 11 is 1.79. The molecule has 0 saturated heterocycles. The fourth-order valence-corrected chi connectivity index (χ4v) is 2.77. The molecule has 0 radical (unpaired) electrons. The van der Waals surface area contributed by atoms with Crippen molar-refractivity contribution in [3.05, 3.63) is 66.1 Å². The second-order valence-corrected chi connectivity index (χ2v) is 4.95. The molecule has 3 aromatic rings. The lowest BCUT2D eigenvalue weighted by Crippen LogP contribution is -1.77. The van der Waals surface area contributed by atoms with Gasteiger partial charge in [0, 0.05) is 4.70 Å². The van der Waals surface area contributed by atoms with Crippen molar-refractivity contribution in [2.75, 3.05) is 0 Å². The second kappa shape index (κ2) is 4.19. The number of hydrogen-bond acceptors (Lipinski definition) is 1. The fourth-order valence-electron chi connectivity index (χ4n) is 1.95. The van der Waals surface area contributed by atoms with Crippen LogP contribution in [0.4, 0.5) is 0 Å². The smallest absolute Gasteiger partial charge is 0.0348 e. The highest BCUT2D eigenvalue weighted by molar-refractivity contribution is 7.17. The first kappa shape index (κ1) is 10.3. The van der Waals surface area contributed by atoms with Gasteiger partial charge >= 0.3 is 0 Å². The van der Waals surface area contributed by atoms with Crippen LogP contribution in [-0.4, -0.2) is 0 Å². The molecular weight excluding hydrogens is 224 g/mol. The van der Waals surface area contributed by atoms with Gasteiger partial charge in [-0.2, -0.15) is 0 Å². The zero-order valence-corrected chi connectivity index (χ0v) is 10.2. The Hall–Kier alpha value is -1.86. The quantitative estimate of drug-likeness (QED) is 0.573. The van der Waals surface area contributed by atoms with Crippen molar-refractivity contribution in [3.8, 4) is 11.1 Å². The molecule has 0 atom stereocenters. The minimum absolute atomic E-state index is 1.16. The summed E-state index contributed by atoms with van der Waals surface area (Å²) in [4.78, 5) is 0. The monoisotopic (exact) mass is 236 g/mol. The van der Waals surface area contributed by atoms with Gasteiger partial charge in [0.15, 0.2) is 0 Å². The molecule has 0 unspecified atom stereocenters. The van der Waals surface area contributed by atoms with E-state index >= 15 is 0 Å². The summed E-state index contributed by atoms with van der Waals surface area (Å²) in [6.07, 6.45) is 1.87. The molecule has 82 valence electrons. The third kappa shape index (κ3) is 1.90. The summed E-state index contributed by atoms with van der Waals surface area (Å²) < 4.78 is 1.34. The Labute approximate surface area is 105 Å². The van der Waals surface area contributed by atoms with E-state index in [1.165, 1.54) is 21.2 Å². The molecule has 0 bridgehead atoms. The van der Waals surface area contributed by atoms with Crippen molar-refractivity contribution in [1.29, 1.82) is 0 Å². The molecule has 0 fully saturated rings. The van der Waals surface area contributed by atoms with Crippen molar-refractivity contribution >= 4 is 27.5 Å². The summed E-state index contributed by atoms with van der Waals surface area (Å²) in [7, 11) is 0. The normalized spacial score (nSPS) is 10.6. The fraction of sp³-hybridized carbons (Fsp3) is 0. The highest BCUT2D eigenvalue weighted by Gasteiger charge is 2.00. The maximum Gasteiger partial charge on any atom is 0.0348 e. The zero-order valence-electron chi connectivity index (χ0n) is 9.39. The van der Waals surface area contributed by atoms with E-state index in [2.05, 4.69) is 60.5 Å². The van der Waals surface area contributed by atoms with Gasteiger partial charge in [0.2, 0.25) is 0 Å². The summed E-state index contributed by atoms with van der Waals surface area (Å²) in [5.74, 6) is 0. The molecule has 1 aromatic heterocycles. The topological polar surface area (TPSA) is 0 Å². The van der Waals surface area contributed by atoms with Gasteiger partial charge in [-0.15, -0.1) is 11.3 Å². The van der Waals surface area contributed by atoms with Crippen LogP contribution in [0, 0.1) is 0 Å². The zero-order chi connectivity index (χ0) is 11.7. The molecule has 0 saturated carbocycles. The van der Waals surface area contributed by atoms with Crippen molar-refractivity contribution < 1.29 is 0 Å². The molecule has 0 nitrogen and oxygen atoms in total. The average Bonchev–Trinajstić information content (AvgIpc) is 2.86. The van der Waals surface area contributed by atoms with E-state index in [0.717, 1.165) is 5.56 Å². The van der Waals surface area contributed by atoms with Crippen LogP contribution in [0.15, 0.2) is 60.5 Å². The van der Waals surface area contributed by atoms with Crippen molar-refractivity contribution in [2.24, 2.45) is 0 Å². The largest absolute Gasteiger partial charge is 0.144 e. The maximum atomic E-state index is 3.77. The minimum Gasteiger partial charge on any atom is -0.144 e. The Morgan fingerprint density at radius 1 is 0.882 bits per heavy atom. The number of benzene rings is 2. The van der Waals surface area contributed by atoms with Gasteiger partial charge in [0.25, 0.3) is 0 Å². The third-order valence-corrected chi connectivity index (χ3v) is 3.82. The van der Waals surface area contributed by atoms with Gasteiger partial charge in [-0.1, -0.05) is 49.1 Å². The van der Waals surface area contributed by atoms with Crippen molar-refractivity contribution in [2.45, 2.75) is 0 Å². The van der Waals surface area contributed by atoms with Crippen molar-refractivity contribution in [1.82, 2.24) is 0 Å². The maximum absolute atomic E-state index is 3.77. The van der Waals surface area contributed by atoms with Crippen molar-refractivity contribution in [3.63, 3.8) is 0 Å². The Morgan fingerprint density at radius 2 is 1.65 bits per heavy atom. The van der Waals surface area contributed by atoms with Crippen LogP contribution in [0.5, 0.6) is 0 Å². The number of hydrogen-bond donors (Lipinski definition) is 0. The van der Waals surface area contributed by atoms with Gasteiger partial charge in [-0.3, -0.25) is 0 Å². The molecule has 17 heavy (non-hydrogen) atoms. The second-order valence-electron chi connectivity index (χ2n) is 4.00. The standard InChI is InChI=1S/C16H12S/c1-2-12-3-5-13(6-4-12)15-8-7-14-9-10-17-16(14)11-15/h2-11H,1H2. The SMILES string of the molecule is C=Cc1ccc(-c2ccc3ccsc3c2)cc1. The molecular formula is C16H12S. The first-order valence-corrected chi connectivity index (χ1v) is 6.45. The molecule has 1 heterocycles. The lowest BCUT2D eigenvalue weighted by atomic mass is 10.0. The summed E-state index contributed by atoms with van der Waals surface area (Å²) in [6, 6.07) is 17.3. The molecule has 3 rings (SSSR count). The molecule has 2 aromatic carbocycles. The molecule has 0 spiro atoms. The predicted molar refractivity (Wildman–Crippen MR) is 77.4 cm³/mol. The predicted octanol–water partition coefficient (Wildman–Crippen LogP) is 5.21. The molecule has 1 heteroatoms. The molecule has 0 N–H and O–H groups in total. The van der Waals surface area contributed by atoms with E-state index in [9.17, 15) is 0 Å². The van der Waals surface area contributed by atoms with E-state index in [1.807, 2.05) is 6.08 Å². The average molecular weight is 236 g/mol.